The van der Waals surface area contributed by atoms with E-state index in [2.05, 4.69) is 4.90 Å². The highest BCUT2D eigenvalue weighted by Gasteiger charge is 2.42. The zero-order chi connectivity index (χ0) is 14.3. The molecule has 5 heteroatoms. The first kappa shape index (κ1) is 14.0. The minimum atomic E-state index is 0.131. The van der Waals surface area contributed by atoms with E-state index in [0.717, 1.165) is 18.5 Å². The van der Waals surface area contributed by atoms with Gasteiger partial charge in [-0.05, 0) is 30.9 Å². The summed E-state index contributed by atoms with van der Waals surface area (Å²) in [6, 6.07) is 4.93. The number of halogens is 1. The summed E-state index contributed by atoms with van der Waals surface area (Å²) in [5, 5.41) is 0.625. The lowest BCUT2D eigenvalue weighted by Gasteiger charge is -2.28. The summed E-state index contributed by atoms with van der Waals surface area (Å²) < 4.78 is 10.7. The van der Waals surface area contributed by atoms with E-state index in [9.17, 15) is 0 Å². The average Bonchev–Trinajstić information content (AvgIpc) is 3.22. The molecule has 1 aliphatic carbocycles. The molecule has 1 aliphatic heterocycles. The lowest BCUT2D eigenvalue weighted by atomic mass is 10.00. The fourth-order valence-corrected chi connectivity index (χ4v) is 3.54. The van der Waals surface area contributed by atoms with Crippen LogP contribution in [0.25, 0.3) is 0 Å². The minimum absolute atomic E-state index is 0.131. The summed E-state index contributed by atoms with van der Waals surface area (Å²) >= 11 is 6.54. The predicted octanol–water partition coefficient (Wildman–Crippen LogP) is 2.59. The molecule has 20 heavy (non-hydrogen) atoms. The van der Waals surface area contributed by atoms with Gasteiger partial charge in [-0.2, -0.15) is 0 Å². The van der Waals surface area contributed by atoms with E-state index in [1.807, 2.05) is 12.1 Å². The van der Waals surface area contributed by atoms with Crippen molar-refractivity contribution in [2.24, 2.45) is 5.73 Å². The van der Waals surface area contributed by atoms with Crippen LogP contribution < -0.4 is 15.2 Å². The lowest BCUT2D eigenvalue weighted by molar-refractivity contribution is 0.236. The van der Waals surface area contributed by atoms with Crippen LogP contribution >= 0.6 is 11.6 Å². The van der Waals surface area contributed by atoms with Gasteiger partial charge in [-0.1, -0.05) is 17.7 Å². The maximum absolute atomic E-state index is 6.54. The molecule has 0 aromatic heterocycles. The summed E-state index contributed by atoms with van der Waals surface area (Å²) in [6.45, 7) is 1.06. The van der Waals surface area contributed by atoms with Crippen LogP contribution in [0.1, 0.15) is 30.9 Å². The molecule has 2 N–H and O–H groups in total. The van der Waals surface area contributed by atoms with Gasteiger partial charge in [-0.15, -0.1) is 0 Å². The first-order chi connectivity index (χ1) is 9.67. The van der Waals surface area contributed by atoms with Gasteiger partial charge >= 0.3 is 0 Å². The van der Waals surface area contributed by atoms with Gasteiger partial charge in [0.05, 0.1) is 25.3 Å². The molecule has 0 radical (unpaired) electrons. The molecule has 1 saturated heterocycles. The Labute approximate surface area is 124 Å². The fraction of sp³-hybridized carbons (Fsp3) is 0.600. The maximum Gasteiger partial charge on any atom is 0.179 e. The molecule has 2 fully saturated rings. The number of ether oxygens (including phenoxy) is 2. The number of methoxy groups -OCH3 is 2. The molecule has 3 rings (SSSR count). The molecule has 0 bridgehead atoms. The van der Waals surface area contributed by atoms with Crippen LogP contribution in [-0.2, 0) is 0 Å². The number of nitrogens with two attached hydrogens (primary N) is 1. The van der Waals surface area contributed by atoms with Gasteiger partial charge in [-0.25, -0.2) is 0 Å². The zero-order valence-electron chi connectivity index (χ0n) is 11.9. The molecular formula is C15H21ClN2O2. The van der Waals surface area contributed by atoms with E-state index >= 15 is 0 Å². The third-order valence-corrected chi connectivity index (χ3v) is 4.72. The Morgan fingerprint density at radius 1 is 1.20 bits per heavy atom. The smallest absolute Gasteiger partial charge is 0.179 e. The van der Waals surface area contributed by atoms with Crippen molar-refractivity contribution in [3.8, 4) is 11.5 Å². The van der Waals surface area contributed by atoms with Crippen LogP contribution in [0.3, 0.4) is 0 Å². The Kier molecular flexibility index (Phi) is 3.80. The van der Waals surface area contributed by atoms with Gasteiger partial charge in [0, 0.05) is 18.6 Å². The van der Waals surface area contributed by atoms with Crippen molar-refractivity contribution in [1.82, 2.24) is 4.90 Å². The van der Waals surface area contributed by atoms with Crippen molar-refractivity contribution in [2.75, 3.05) is 20.8 Å². The average molecular weight is 297 g/mol. The molecule has 0 amide bonds. The predicted molar refractivity (Wildman–Crippen MR) is 79.6 cm³/mol. The standard InChI is InChI=1S/C15H21ClN2O2/c1-19-12-6-5-10(13(16)15(12)20-2)14-11(17)7-8-18(14)9-3-4-9/h5-6,9,11,14H,3-4,7-8,17H2,1-2H3. The van der Waals surface area contributed by atoms with Crippen LogP contribution in [0.2, 0.25) is 5.02 Å². The van der Waals surface area contributed by atoms with Crippen LogP contribution in [-0.4, -0.2) is 37.7 Å². The SMILES string of the molecule is COc1ccc(C2C(N)CCN2C2CC2)c(Cl)c1OC. The second kappa shape index (κ2) is 5.43. The number of likely N-dealkylation sites (tertiary alicyclic amines) is 1. The van der Waals surface area contributed by atoms with Crippen molar-refractivity contribution in [1.29, 1.82) is 0 Å². The number of hydrogen-bond acceptors (Lipinski definition) is 4. The third-order valence-electron chi connectivity index (χ3n) is 4.33. The second-order valence-electron chi connectivity index (χ2n) is 5.57. The molecule has 2 unspecified atom stereocenters. The molecule has 2 aliphatic rings. The molecule has 110 valence electrons. The topological polar surface area (TPSA) is 47.7 Å². The quantitative estimate of drug-likeness (QED) is 0.928. The maximum atomic E-state index is 6.54. The first-order valence-corrected chi connectivity index (χ1v) is 7.47. The van der Waals surface area contributed by atoms with Crippen LogP contribution in [0.15, 0.2) is 12.1 Å². The van der Waals surface area contributed by atoms with Crippen LogP contribution in [0, 0.1) is 0 Å². The van der Waals surface area contributed by atoms with Crippen molar-refractivity contribution in [3.05, 3.63) is 22.7 Å². The number of hydrogen-bond donors (Lipinski definition) is 1. The van der Waals surface area contributed by atoms with E-state index in [0.29, 0.717) is 22.6 Å². The molecule has 1 heterocycles. The molecule has 1 saturated carbocycles. The van der Waals surface area contributed by atoms with Crippen molar-refractivity contribution in [3.63, 3.8) is 0 Å². The van der Waals surface area contributed by atoms with E-state index < -0.39 is 0 Å². The highest BCUT2D eigenvalue weighted by molar-refractivity contribution is 6.33. The van der Waals surface area contributed by atoms with E-state index in [-0.39, 0.29) is 12.1 Å². The molecule has 4 nitrogen and oxygen atoms in total. The highest BCUT2D eigenvalue weighted by Crippen LogP contribution is 2.46. The summed E-state index contributed by atoms with van der Waals surface area (Å²) in [4.78, 5) is 2.50. The van der Waals surface area contributed by atoms with E-state index in [4.69, 9.17) is 26.8 Å². The largest absolute Gasteiger partial charge is 0.493 e. The van der Waals surface area contributed by atoms with Crippen molar-refractivity contribution >= 4 is 11.6 Å². The molecule has 0 spiro atoms. The van der Waals surface area contributed by atoms with Gasteiger partial charge in [-0.3, -0.25) is 4.90 Å². The van der Waals surface area contributed by atoms with Gasteiger partial charge in [0.15, 0.2) is 11.5 Å². The van der Waals surface area contributed by atoms with Gasteiger partial charge in [0.1, 0.15) is 0 Å². The Hall–Kier alpha value is -0.970. The van der Waals surface area contributed by atoms with Crippen LogP contribution in [0.4, 0.5) is 0 Å². The Balaban J connectivity index is 2.00. The molecule has 1 aromatic carbocycles. The van der Waals surface area contributed by atoms with Gasteiger partial charge in [0.2, 0.25) is 0 Å². The summed E-state index contributed by atoms with van der Waals surface area (Å²) in [6.07, 6.45) is 3.56. The molecule has 1 aromatic rings. The Morgan fingerprint density at radius 2 is 1.95 bits per heavy atom. The Bertz CT molecular complexity index is 505. The monoisotopic (exact) mass is 296 g/mol. The lowest BCUT2D eigenvalue weighted by Crippen LogP contribution is -2.33. The second-order valence-corrected chi connectivity index (χ2v) is 5.95. The van der Waals surface area contributed by atoms with E-state index in [1.165, 1.54) is 12.8 Å². The number of nitrogens with zero attached hydrogens (tertiary/aromatic N) is 1. The Morgan fingerprint density at radius 3 is 2.55 bits per heavy atom. The number of rotatable bonds is 4. The van der Waals surface area contributed by atoms with Gasteiger partial charge in [0.25, 0.3) is 0 Å². The molecular weight excluding hydrogens is 276 g/mol. The summed E-state index contributed by atoms with van der Waals surface area (Å²) in [5.74, 6) is 1.26. The van der Waals surface area contributed by atoms with E-state index in [1.54, 1.807) is 14.2 Å². The normalized spacial score (nSPS) is 26.8. The zero-order valence-corrected chi connectivity index (χ0v) is 12.7. The summed E-state index contributed by atoms with van der Waals surface area (Å²) in [5.41, 5.74) is 7.38. The minimum Gasteiger partial charge on any atom is -0.493 e. The van der Waals surface area contributed by atoms with Crippen molar-refractivity contribution < 1.29 is 9.47 Å². The molecule has 2 atom stereocenters. The number of benzene rings is 1. The van der Waals surface area contributed by atoms with Crippen molar-refractivity contribution in [2.45, 2.75) is 37.4 Å². The fourth-order valence-electron chi connectivity index (χ4n) is 3.20. The van der Waals surface area contributed by atoms with Crippen LogP contribution in [0.5, 0.6) is 11.5 Å². The summed E-state index contributed by atoms with van der Waals surface area (Å²) in [7, 11) is 3.23. The first-order valence-electron chi connectivity index (χ1n) is 7.09. The van der Waals surface area contributed by atoms with Gasteiger partial charge < -0.3 is 15.2 Å². The third kappa shape index (κ3) is 2.26. The highest BCUT2D eigenvalue weighted by atomic mass is 35.5.